The molecule has 2 aliphatic heterocycles. The van der Waals surface area contributed by atoms with Gasteiger partial charge in [0.1, 0.15) is 11.5 Å². The van der Waals surface area contributed by atoms with Gasteiger partial charge in [0.2, 0.25) is 0 Å². The Balaban J connectivity index is 1.71. The van der Waals surface area contributed by atoms with E-state index in [-0.39, 0.29) is 11.1 Å². The largest absolute Gasteiger partial charge is 0.497 e. The fourth-order valence-corrected chi connectivity index (χ4v) is 5.42. The number of anilines is 2. The molecule has 1 aliphatic carbocycles. The smallest absolute Gasteiger partial charge is 0.119 e. The molecule has 26 heavy (non-hydrogen) atoms. The summed E-state index contributed by atoms with van der Waals surface area (Å²) in [5.41, 5.74) is 5.26. The summed E-state index contributed by atoms with van der Waals surface area (Å²) in [4.78, 5) is 0. The normalized spacial score (nSPS) is 33.2. The van der Waals surface area contributed by atoms with E-state index in [9.17, 15) is 0 Å². The molecular formula is C22H26N2O2. The predicted molar refractivity (Wildman–Crippen MR) is 105 cm³/mol. The Morgan fingerprint density at radius 1 is 0.769 bits per heavy atom. The molecule has 1 saturated carbocycles. The molecule has 1 fully saturated rings. The van der Waals surface area contributed by atoms with E-state index in [1.54, 1.807) is 14.2 Å². The first-order valence-electron chi connectivity index (χ1n) is 9.39. The van der Waals surface area contributed by atoms with Gasteiger partial charge in [-0.3, -0.25) is 0 Å². The summed E-state index contributed by atoms with van der Waals surface area (Å²) >= 11 is 0. The standard InChI is InChI=1S/C22H26N2O2/c1-21-11-17(15-9-13(25-3)5-7-19(15)23-21)18-12-22(21,2)24-20-8-6-14(26-4)10-16(18)20/h5-10,17-18,23-24H,11-12H2,1-4H3/t17-,18-,21-,22-/m1/s1. The van der Waals surface area contributed by atoms with Crippen molar-refractivity contribution in [2.45, 2.75) is 49.6 Å². The molecule has 5 rings (SSSR count). The third-order valence-corrected chi connectivity index (χ3v) is 7.10. The zero-order valence-corrected chi connectivity index (χ0v) is 15.8. The van der Waals surface area contributed by atoms with Crippen molar-refractivity contribution in [1.82, 2.24) is 0 Å². The number of fused-ring (bicyclic) bond motifs is 10. The lowest BCUT2D eigenvalue weighted by molar-refractivity contribution is 0.164. The van der Waals surface area contributed by atoms with Gasteiger partial charge in [0.25, 0.3) is 0 Å². The summed E-state index contributed by atoms with van der Waals surface area (Å²) in [6.45, 7) is 4.73. The van der Waals surface area contributed by atoms with Crippen LogP contribution in [0, 0.1) is 0 Å². The number of methoxy groups -OCH3 is 2. The Hall–Kier alpha value is -2.36. The maximum atomic E-state index is 5.51. The predicted octanol–water partition coefficient (Wildman–Crippen LogP) is 4.73. The topological polar surface area (TPSA) is 42.5 Å². The molecule has 0 spiro atoms. The van der Waals surface area contributed by atoms with Gasteiger partial charge in [0, 0.05) is 11.4 Å². The van der Waals surface area contributed by atoms with Crippen LogP contribution < -0.4 is 20.1 Å². The second-order valence-electron chi connectivity index (χ2n) is 8.44. The molecule has 3 aliphatic rings. The zero-order valence-electron chi connectivity index (χ0n) is 15.8. The van der Waals surface area contributed by atoms with Crippen molar-refractivity contribution in [3.05, 3.63) is 47.5 Å². The highest BCUT2D eigenvalue weighted by Crippen LogP contribution is 2.61. The molecule has 4 atom stereocenters. The molecule has 0 saturated heterocycles. The SMILES string of the molecule is COc1ccc2c(c1)[C@H]1C[C@@](C)(N2)[C@@]2(C)C[C@@H]1c1cc(OC)ccc1N2. The Bertz CT molecular complexity index is 822. The number of hydrogen-bond donors (Lipinski definition) is 2. The Kier molecular flexibility index (Phi) is 3.10. The lowest BCUT2D eigenvalue weighted by Crippen LogP contribution is -2.67. The van der Waals surface area contributed by atoms with Crippen LogP contribution in [0.2, 0.25) is 0 Å². The molecule has 2 aromatic carbocycles. The quantitative estimate of drug-likeness (QED) is 0.821. The van der Waals surface area contributed by atoms with E-state index in [4.69, 9.17) is 9.47 Å². The van der Waals surface area contributed by atoms with Gasteiger partial charge in [-0.2, -0.15) is 0 Å². The molecule has 0 radical (unpaired) electrons. The number of benzene rings is 2. The second-order valence-corrected chi connectivity index (χ2v) is 8.44. The van der Waals surface area contributed by atoms with Crippen LogP contribution in [0.3, 0.4) is 0 Å². The van der Waals surface area contributed by atoms with E-state index in [1.165, 1.54) is 22.5 Å². The van der Waals surface area contributed by atoms with Crippen LogP contribution in [0.5, 0.6) is 11.5 Å². The summed E-state index contributed by atoms with van der Waals surface area (Å²) in [5, 5.41) is 7.73. The van der Waals surface area contributed by atoms with Gasteiger partial charge in [-0.05, 0) is 86.1 Å². The van der Waals surface area contributed by atoms with E-state index in [1.807, 2.05) is 0 Å². The average Bonchev–Trinajstić information content (AvgIpc) is 2.65. The molecule has 4 heteroatoms. The van der Waals surface area contributed by atoms with E-state index in [2.05, 4.69) is 60.9 Å². The summed E-state index contributed by atoms with van der Waals surface area (Å²) < 4.78 is 11.0. The summed E-state index contributed by atoms with van der Waals surface area (Å²) in [6.07, 6.45) is 2.22. The van der Waals surface area contributed by atoms with Gasteiger partial charge >= 0.3 is 0 Å². The fourth-order valence-electron chi connectivity index (χ4n) is 5.42. The highest BCUT2D eigenvalue weighted by Gasteiger charge is 2.58. The minimum Gasteiger partial charge on any atom is -0.497 e. The lowest BCUT2D eigenvalue weighted by atomic mass is 9.54. The first-order valence-corrected chi connectivity index (χ1v) is 9.39. The first-order chi connectivity index (χ1) is 12.5. The molecule has 2 heterocycles. The summed E-state index contributed by atoms with van der Waals surface area (Å²) in [5.74, 6) is 2.82. The zero-order chi connectivity index (χ0) is 18.1. The first kappa shape index (κ1) is 15.9. The van der Waals surface area contributed by atoms with Crippen LogP contribution in [0.1, 0.15) is 49.7 Å². The van der Waals surface area contributed by atoms with Crippen LogP contribution in [0.4, 0.5) is 11.4 Å². The molecular weight excluding hydrogens is 324 g/mol. The van der Waals surface area contributed by atoms with Gasteiger partial charge in [0.15, 0.2) is 0 Å². The molecule has 0 amide bonds. The van der Waals surface area contributed by atoms with E-state index < -0.39 is 0 Å². The van der Waals surface area contributed by atoms with Crippen molar-refractivity contribution in [2.24, 2.45) is 0 Å². The van der Waals surface area contributed by atoms with Crippen molar-refractivity contribution >= 4 is 11.4 Å². The molecule has 136 valence electrons. The highest BCUT2D eigenvalue weighted by molar-refractivity contribution is 5.68. The van der Waals surface area contributed by atoms with E-state index in [0.717, 1.165) is 24.3 Å². The van der Waals surface area contributed by atoms with Gasteiger partial charge in [-0.25, -0.2) is 0 Å². The van der Waals surface area contributed by atoms with E-state index in [0.29, 0.717) is 11.8 Å². The number of hydrogen-bond acceptors (Lipinski definition) is 4. The number of nitrogens with one attached hydrogen (secondary N) is 2. The summed E-state index contributed by atoms with van der Waals surface area (Å²) in [6, 6.07) is 12.9. The molecule has 2 aromatic rings. The third kappa shape index (κ3) is 1.96. The third-order valence-electron chi connectivity index (χ3n) is 7.10. The highest BCUT2D eigenvalue weighted by atomic mass is 16.5. The minimum absolute atomic E-state index is 0.00731. The maximum Gasteiger partial charge on any atom is 0.119 e. The number of ether oxygens (including phenoxy) is 2. The van der Waals surface area contributed by atoms with Crippen LogP contribution >= 0.6 is 0 Å². The average molecular weight is 350 g/mol. The Labute approximate surface area is 154 Å². The maximum absolute atomic E-state index is 5.51. The monoisotopic (exact) mass is 350 g/mol. The molecule has 0 unspecified atom stereocenters. The Morgan fingerprint density at radius 3 is 1.58 bits per heavy atom. The van der Waals surface area contributed by atoms with Crippen LogP contribution in [0.15, 0.2) is 36.4 Å². The fraction of sp³-hybridized carbons (Fsp3) is 0.455. The molecule has 4 bridgehead atoms. The molecule has 2 N–H and O–H groups in total. The van der Waals surface area contributed by atoms with Gasteiger partial charge in [-0.1, -0.05) is 0 Å². The van der Waals surface area contributed by atoms with Crippen molar-refractivity contribution in [3.63, 3.8) is 0 Å². The molecule has 0 aromatic heterocycles. The number of rotatable bonds is 2. The van der Waals surface area contributed by atoms with Gasteiger partial charge in [-0.15, -0.1) is 0 Å². The lowest BCUT2D eigenvalue weighted by Gasteiger charge is -2.61. The van der Waals surface area contributed by atoms with Gasteiger partial charge < -0.3 is 20.1 Å². The van der Waals surface area contributed by atoms with Crippen LogP contribution in [0.25, 0.3) is 0 Å². The minimum atomic E-state index is 0.00731. The van der Waals surface area contributed by atoms with Crippen LogP contribution in [-0.4, -0.2) is 25.3 Å². The van der Waals surface area contributed by atoms with E-state index >= 15 is 0 Å². The molecule has 4 nitrogen and oxygen atoms in total. The summed E-state index contributed by atoms with van der Waals surface area (Å²) in [7, 11) is 3.48. The van der Waals surface area contributed by atoms with Gasteiger partial charge in [0.05, 0.1) is 25.3 Å². The van der Waals surface area contributed by atoms with Crippen molar-refractivity contribution < 1.29 is 9.47 Å². The van der Waals surface area contributed by atoms with Crippen LogP contribution in [-0.2, 0) is 0 Å². The Morgan fingerprint density at radius 2 is 1.19 bits per heavy atom. The van der Waals surface area contributed by atoms with Crippen molar-refractivity contribution in [1.29, 1.82) is 0 Å². The van der Waals surface area contributed by atoms with Crippen molar-refractivity contribution in [3.8, 4) is 11.5 Å². The van der Waals surface area contributed by atoms with Crippen molar-refractivity contribution in [2.75, 3.05) is 24.9 Å². The second kappa shape index (κ2) is 5.09.